The molecule has 0 spiro atoms. The first-order valence-corrected chi connectivity index (χ1v) is 21.2. The lowest BCUT2D eigenvalue weighted by atomic mass is 9.30. The lowest BCUT2D eigenvalue weighted by molar-refractivity contribution is 1.23. The highest BCUT2D eigenvalue weighted by Crippen LogP contribution is 2.48. The van der Waals surface area contributed by atoms with Crippen molar-refractivity contribution in [3.8, 4) is 12.8 Å². The maximum absolute atomic E-state index is 4.00. The van der Waals surface area contributed by atoms with E-state index in [-0.39, 0.29) is 13.4 Å². The Kier molecular flexibility index (Phi) is 8.23. The summed E-state index contributed by atoms with van der Waals surface area (Å²) >= 11 is 0. The zero-order valence-electron chi connectivity index (χ0n) is 33.9. The zero-order valence-corrected chi connectivity index (χ0v) is 33.9. The molecule has 0 radical (unpaired) electrons. The van der Waals surface area contributed by atoms with Gasteiger partial charge in [0.25, 0.3) is 13.4 Å². The SMILES string of the molecule is C#C.c1ccc(N2c3ccccc3B3c4cc5c(cc4N(c4ccccc4)c4cccc2c43)N(c2ccccc2)c2cccc3c2B5c2ccccc2N3c2ccccc2)cc1. The fourth-order valence-electron chi connectivity index (χ4n) is 10.7. The molecule has 0 fully saturated rings. The van der Waals surface area contributed by atoms with E-state index >= 15 is 0 Å². The van der Waals surface area contributed by atoms with Gasteiger partial charge < -0.3 is 19.6 Å². The topological polar surface area (TPSA) is 13.0 Å². The minimum Gasteiger partial charge on any atom is -0.311 e. The van der Waals surface area contributed by atoms with Crippen molar-refractivity contribution < 1.29 is 0 Å². The third-order valence-electron chi connectivity index (χ3n) is 13.0. The Morgan fingerprint density at radius 2 is 0.516 bits per heavy atom. The Hall–Kier alpha value is -8.13. The van der Waals surface area contributed by atoms with Crippen molar-refractivity contribution in [1.29, 1.82) is 0 Å². The molecule has 0 N–H and O–H groups in total. The summed E-state index contributed by atoms with van der Waals surface area (Å²) in [6.07, 6.45) is 8.00. The highest BCUT2D eigenvalue weighted by atomic mass is 15.2. The Balaban J connectivity index is 0.00000202. The van der Waals surface area contributed by atoms with Crippen LogP contribution in [-0.4, -0.2) is 13.4 Å². The molecule has 4 aliphatic heterocycles. The first-order valence-electron chi connectivity index (χ1n) is 21.2. The summed E-state index contributed by atoms with van der Waals surface area (Å²) < 4.78 is 0. The summed E-state index contributed by atoms with van der Waals surface area (Å²) in [6, 6.07) is 80.5. The molecule has 0 unspecified atom stereocenters. The van der Waals surface area contributed by atoms with Gasteiger partial charge in [0.05, 0.1) is 0 Å². The van der Waals surface area contributed by atoms with Crippen LogP contribution in [0.4, 0.5) is 68.2 Å². The summed E-state index contributed by atoms with van der Waals surface area (Å²) in [6.45, 7) is 0.0168. The van der Waals surface area contributed by atoms with Crippen LogP contribution in [0.15, 0.2) is 218 Å². The maximum Gasteiger partial charge on any atom is 0.252 e. The van der Waals surface area contributed by atoms with Gasteiger partial charge in [0.2, 0.25) is 0 Å². The van der Waals surface area contributed by atoms with E-state index in [0.29, 0.717) is 0 Å². The Labute approximate surface area is 363 Å². The number of terminal acetylenes is 1. The monoisotopic (exact) mass is 788 g/mol. The van der Waals surface area contributed by atoms with Crippen LogP contribution < -0.4 is 52.4 Å². The number of anilines is 12. The molecule has 9 aromatic carbocycles. The minimum absolute atomic E-state index is 0.00842. The molecule has 0 aromatic heterocycles. The summed E-state index contributed by atoms with van der Waals surface area (Å²) in [7, 11) is 0. The zero-order chi connectivity index (χ0) is 41.3. The van der Waals surface area contributed by atoms with Gasteiger partial charge in [-0.25, -0.2) is 0 Å². The number of para-hydroxylation sites is 6. The van der Waals surface area contributed by atoms with E-state index in [1.807, 2.05) is 0 Å². The summed E-state index contributed by atoms with van der Waals surface area (Å²) in [5.41, 5.74) is 22.2. The van der Waals surface area contributed by atoms with Gasteiger partial charge in [-0.1, -0.05) is 127 Å². The molecule has 0 aliphatic carbocycles. The molecule has 0 atom stereocenters. The second-order valence-corrected chi connectivity index (χ2v) is 16.1. The molecule has 0 bridgehead atoms. The molecule has 13 rings (SSSR count). The van der Waals surface area contributed by atoms with Gasteiger partial charge in [0.1, 0.15) is 0 Å². The standard InChI is InChI=1S/C54H36B2N4.C2H2/c1-5-19-37(20-6-1)57-45-29-15-13-27-41(45)55-43-35-44-52(36-51(43)59(39-23-9-3-10-24-39)49-33-17-31-47(57)53(49)55)60(40-25-11-4-12-26-40)50-34-18-32-48-54(50)56(44)42-28-14-16-30-46(42)58(48)38-21-7-2-8-22-38;1-2/h1-36H;1-2H. The number of rotatable bonds is 4. The fraction of sp³-hybridized carbons (Fsp3) is 0. The molecule has 4 aliphatic rings. The maximum atomic E-state index is 4.00. The number of nitrogens with zero attached hydrogens (tertiary/aromatic N) is 4. The highest BCUT2D eigenvalue weighted by Gasteiger charge is 2.47. The van der Waals surface area contributed by atoms with Crippen LogP contribution in [0.25, 0.3) is 0 Å². The van der Waals surface area contributed by atoms with Crippen molar-refractivity contribution in [2.45, 2.75) is 0 Å². The molecule has 0 saturated carbocycles. The summed E-state index contributed by atoms with van der Waals surface area (Å²) in [4.78, 5) is 9.96. The molecule has 4 heterocycles. The van der Waals surface area contributed by atoms with Crippen LogP contribution in [0.5, 0.6) is 0 Å². The molecule has 4 nitrogen and oxygen atoms in total. The quantitative estimate of drug-likeness (QED) is 0.130. The molecule has 0 amide bonds. The summed E-state index contributed by atoms with van der Waals surface area (Å²) in [5, 5.41) is 0. The first-order chi connectivity index (χ1) is 30.8. The van der Waals surface area contributed by atoms with Gasteiger partial charge in [-0.05, 0) is 124 Å². The highest BCUT2D eigenvalue weighted by molar-refractivity contribution is 7.03. The van der Waals surface area contributed by atoms with Gasteiger partial charge >= 0.3 is 0 Å². The number of hydrogen-bond donors (Lipinski definition) is 0. The van der Waals surface area contributed by atoms with E-state index in [1.165, 1.54) is 78.3 Å². The van der Waals surface area contributed by atoms with Crippen molar-refractivity contribution in [2.24, 2.45) is 0 Å². The van der Waals surface area contributed by atoms with E-state index < -0.39 is 0 Å². The van der Waals surface area contributed by atoms with Gasteiger partial charge in [-0.2, -0.15) is 0 Å². The number of hydrogen-bond acceptors (Lipinski definition) is 4. The van der Waals surface area contributed by atoms with Gasteiger partial charge in [0.15, 0.2) is 0 Å². The largest absolute Gasteiger partial charge is 0.311 e. The first kappa shape index (κ1) is 35.8. The Bertz CT molecular complexity index is 2980. The molecule has 0 saturated heterocycles. The lowest BCUT2D eigenvalue weighted by Crippen LogP contribution is -2.65. The van der Waals surface area contributed by atoms with Crippen LogP contribution in [-0.2, 0) is 0 Å². The van der Waals surface area contributed by atoms with E-state index in [2.05, 4.69) is 251 Å². The molecule has 9 aromatic rings. The van der Waals surface area contributed by atoms with Crippen LogP contribution in [0, 0.1) is 12.8 Å². The number of fused-ring (bicyclic) bond motifs is 8. The second kappa shape index (κ2) is 14.3. The molecule has 62 heavy (non-hydrogen) atoms. The van der Waals surface area contributed by atoms with Crippen molar-refractivity contribution in [1.82, 2.24) is 0 Å². The lowest BCUT2D eigenvalue weighted by Gasteiger charge is -2.47. The predicted molar refractivity (Wildman–Crippen MR) is 264 cm³/mol. The van der Waals surface area contributed by atoms with Crippen LogP contribution in [0.2, 0.25) is 0 Å². The third kappa shape index (κ3) is 5.12. The van der Waals surface area contributed by atoms with Gasteiger partial charge in [0, 0.05) is 68.2 Å². The average Bonchev–Trinajstić information content (AvgIpc) is 3.35. The molecular weight excluding hydrogens is 750 g/mol. The van der Waals surface area contributed by atoms with E-state index in [1.54, 1.807) is 0 Å². The molecular formula is C56H38B2N4. The second-order valence-electron chi connectivity index (χ2n) is 16.1. The van der Waals surface area contributed by atoms with E-state index in [9.17, 15) is 0 Å². The average molecular weight is 789 g/mol. The van der Waals surface area contributed by atoms with Crippen molar-refractivity contribution in [3.63, 3.8) is 0 Å². The molecule has 6 heteroatoms. The Morgan fingerprint density at radius 3 is 0.855 bits per heavy atom. The normalized spacial score (nSPS) is 13.4. The molecule has 288 valence electrons. The van der Waals surface area contributed by atoms with Crippen LogP contribution in [0.3, 0.4) is 0 Å². The van der Waals surface area contributed by atoms with Gasteiger partial charge in [-0.15, -0.1) is 12.8 Å². The summed E-state index contributed by atoms with van der Waals surface area (Å²) in [5.74, 6) is 0. The van der Waals surface area contributed by atoms with Crippen molar-refractivity contribution in [3.05, 3.63) is 218 Å². The third-order valence-corrected chi connectivity index (χ3v) is 13.0. The van der Waals surface area contributed by atoms with Gasteiger partial charge in [-0.3, -0.25) is 0 Å². The van der Waals surface area contributed by atoms with Crippen molar-refractivity contribution in [2.75, 3.05) is 19.6 Å². The fourth-order valence-corrected chi connectivity index (χ4v) is 10.7. The van der Waals surface area contributed by atoms with E-state index in [0.717, 1.165) is 22.7 Å². The minimum atomic E-state index is 0.00842. The van der Waals surface area contributed by atoms with Crippen molar-refractivity contribution >= 4 is 114 Å². The van der Waals surface area contributed by atoms with Crippen LogP contribution in [0.1, 0.15) is 0 Å². The number of benzene rings is 9. The predicted octanol–water partition coefficient (Wildman–Crippen LogP) is 10.1. The smallest absolute Gasteiger partial charge is 0.252 e. The Morgan fingerprint density at radius 1 is 0.242 bits per heavy atom. The van der Waals surface area contributed by atoms with Crippen LogP contribution >= 0.6 is 0 Å². The van der Waals surface area contributed by atoms with E-state index in [4.69, 9.17) is 0 Å².